The topological polar surface area (TPSA) is 100 Å². The number of carbonyl (C=O) groups excluding carboxylic acids is 2. The second-order valence-electron chi connectivity index (χ2n) is 7.65. The molecular formula is C27H23BrFN3O4. The summed E-state index contributed by atoms with van der Waals surface area (Å²) >= 11 is 3.39. The fraction of sp³-hybridized carbons (Fsp3) is 0.148. The molecule has 0 aromatic heterocycles. The predicted octanol–water partition coefficient (Wildman–Crippen LogP) is 5.40. The Morgan fingerprint density at radius 2 is 1.83 bits per heavy atom. The van der Waals surface area contributed by atoms with E-state index in [1.807, 2.05) is 43.3 Å². The van der Waals surface area contributed by atoms with Gasteiger partial charge < -0.3 is 20.1 Å². The molecule has 3 aromatic rings. The van der Waals surface area contributed by atoms with Crippen LogP contribution in [0.5, 0.6) is 11.5 Å². The smallest absolute Gasteiger partial charge is 0.262 e. The summed E-state index contributed by atoms with van der Waals surface area (Å²) in [5, 5.41) is 15.0. The highest BCUT2D eigenvalue weighted by Gasteiger charge is 2.17. The maximum absolute atomic E-state index is 13.0. The number of benzene rings is 3. The van der Waals surface area contributed by atoms with Crippen molar-refractivity contribution in [1.82, 2.24) is 5.32 Å². The van der Waals surface area contributed by atoms with Crippen molar-refractivity contribution in [2.75, 3.05) is 19.0 Å². The van der Waals surface area contributed by atoms with Gasteiger partial charge in [-0.25, -0.2) is 4.39 Å². The van der Waals surface area contributed by atoms with E-state index in [2.05, 4.69) is 26.6 Å². The first kappa shape index (κ1) is 26.4. The Labute approximate surface area is 216 Å². The van der Waals surface area contributed by atoms with E-state index in [1.165, 1.54) is 37.5 Å². The Balaban J connectivity index is 1.71. The van der Waals surface area contributed by atoms with E-state index in [1.54, 1.807) is 12.1 Å². The molecule has 3 rings (SSSR count). The van der Waals surface area contributed by atoms with Crippen molar-refractivity contribution in [3.8, 4) is 17.6 Å². The molecule has 0 aliphatic heterocycles. The molecular weight excluding hydrogens is 529 g/mol. The third kappa shape index (κ3) is 7.17. The van der Waals surface area contributed by atoms with E-state index < -0.39 is 17.6 Å². The lowest BCUT2D eigenvalue weighted by atomic mass is 10.1. The number of methoxy groups -OCH3 is 1. The molecule has 9 heteroatoms. The average molecular weight is 552 g/mol. The highest BCUT2D eigenvalue weighted by Crippen LogP contribution is 2.37. The van der Waals surface area contributed by atoms with Crippen LogP contribution in [0.1, 0.15) is 24.1 Å². The highest BCUT2D eigenvalue weighted by atomic mass is 79.9. The van der Waals surface area contributed by atoms with Crippen molar-refractivity contribution in [2.45, 2.75) is 13.0 Å². The third-order valence-corrected chi connectivity index (χ3v) is 5.64. The molecule has 0 radical (unpaired) electrons. The molecule has 0 saturated carbocycles. The summed E-state index contributed by atoms with van der Waals surface area (Å²) in [5.74, 6) is -0.808. The summed E-state index contributed by atoms with van der Waals surface area (Å²) in [7, 11) is 1.43. The molecule has 0 saturated heterocycles. The quantitative estimate of drug-likeness (QED) is 0.274. The highest BCUT2D eigenvalue weighted by molar-refractivity contribution is 9.10. The van der Waals surface area contributed by atoms with Gasteiger partial charge in [0, 0.05) is 5.69 Å². The number of amides is 2. The number of nitrogens with one attached hydrogen (secondary N) is 2. The molecule has 0 aliphatic carbocycles. The summed E-state index contributed by atoms with van der Waals surface area (Å²) in [6.45, 7) is 1.50. The molecule has 36 heavy (non-hydrogen) atoms. The number of anilines is 1. The van der Waals surface area contributed by atoms with Gasteiger partial charge in [0.2, 0.25) is 0 Å². The van der Waals surface area contributed by atoms with E-state index in [4.69, 9.17) is 9.47 Å². The average Bonchev–Trinajstić information content (AvgIpc) is 2.88. The maximum atomic E-state index is 13.0. The van der Waals surface area contributed by atoms with Crippen molar-refractivity contribution >= 4 is 39.5 Å². The molecule has 0 fully saturated rings. The summed E-state index contributed by atoms with van der Waals surface area (Å²) in [5.41, 5.74) is 1.78. The van der Waals surface area contributed by atoms with E-state index in [0.29, 0.717) is 21.5 Å². The maximum Gasteiger partial charge on any atom is 0.262 e. The van der Waals surface area contributed by atoms with E-state index in [0.717, 1.165) is 5.56 Å². The first-order chi connectivity index (χ1) is 17.3. The van der Waals surface area contributed by atoms with Crippen LogP contribution in [-0.4, -0.2) is 25.5 Å². The first-order valence-electron chi connectivity index (χ1n) is 10.8. The molecule has 1 atom stereocenters. The Morgan fingerprint density at radius 3 is 2.47 bits per heavy atom. The Morgan fingerprint density at radius 1 is 1.14 bits per heavy atom. The Bertz CT molecular complexity index is 1310. The van der Waals surface area contributed by atoms with Crippen LogP contribution in [0.15, 0.2) is 76.8 Å². The van der Waals surface area contributed by atoms with Crippen molar-refractivity contribution in [3.05, 3.63) is 93.7 Å². The summed E-state index contributed by atoms with van der Waals surface area (Å²) < 4.78 is 24.5. The van der Waals surface area contributed by atoms with Gasteiger partial charge in [-0.2, -0.15) is 5.26 Å². The molecule has 2 amide bonds. The van der Waals surface area contributed by atoms with Crippen LogP contribution >= 0.6 is 15.9 Å². The van der Waals surface area contributed by atoms with Crippen molar-refractivity contribution in [1.29, 1.82) is 5.26 Å². The van der Waals surface area contributed by atoms with Crippen LogP contribution < -0.4 is 20.1 Å². The number of nitrogens with zero attached hydrogens (tertiary/aromatic N) is 1. The second-order valence-corrected chi connectivity index (χ2v) is 8.51. The second kappa shape index (κ2) is 12.5. The standard InChI is InChI=1S/C27H23BrFN3O4/c1-17(19-6-4-3-5-7-19)31-27(34)20(15-30)12-18-13-23(28)26(24(14-18)35-2)36-16-25(33)32-22-10-8-21(29)9-11-22/h3-14,17H,16H2,1-2H3,(H,31,34)(H,32,33)/b20-12-/t17-/m0/s1. The number of rotatable bonds is 9. The van der Waals surface area contributed by atoms with Crippen LogP contribution in [0, 0.1) is 17.1 Å². The molecule has 2 N–H and O–H groups in total. The Hall–Kier alpha value is -4.16. The molecule has 3 aromatic carbocycles. The van der Waals surface area contributed by atoms with Gasteiger partial charge in [-0.3, -0.25) is 9.59 Å². The number of ether oxygens (including phenoxy) is 2. The van der Waals surface area contributed by atoms with Crippen LogP contribution in [-0.2, 0) is 9.59 Å². The largest absolute Gasteiger partial charge is 0.493 e. The first-order valence-corrected chi connectivity index (χ1v) is 11.6. The minimum Gasteiger partial charge on any atom is -0.493 e. The van der Waals surface area contributed by atoms with Gasteiger partial charge >= 0.3 is 0 Å². The van der Waals surface area contributed by atoms with Gasteiger partial charge in [-0.05, 0) is 76.5 Å². The number of carbonyl (C=O) groups is 2. The van der Waals surface area contributed by atoms with Crippen LogP contribution in [0.2, 0.25) is 0 Å². The van der Waals surface area contributed by atoms with Gasteiger partial charge in [0.25, 0.3) is 11.8 Å². The molecule has 184 valence electrons. The summed E-state index contributed by atoms with van der Waals surface area (Å²) in [6, 6.07) is 19.6. The number of nitriles is 1. The van der Waals surface area contributed by atoms with E-state index in [9.17, 15) is 19.2 Å². The number of hydrogen-bond donors (Lipinski definition) is 2. The zero-order valence-corrected chi connectivity index (χ0v) is 21.1. The number of hydrogen-bond acceptors (Lipinski definition) is 5. The van der Waals surface area contributed by atoms with Crippen LogP contribution in [0.4, 0.5) is 10.1 Å². The fourth-order valence-electron chi connectivity index (χ4n) is 3.25. The fourth-order valence-corrected chi connectivity index (χ4v) is 3.82. The lowest BCUT2D eigenvalue weighted by molar-refractivity contribution is -0.118. The van der Waals surface area contributed by atoms with Crippen LogP contribution in [0.25, 0.3) is 6.08 Å². The molecule has 7 nitrogen and oxygen atoms in total. The predicted molar refractivity (Wildman–Crippen MR) is 138 cm³/mol. The summed E-state index contributed by atoms with van der Waals surface area (Å²) in [6.07, 6.45) is 1.44. The molecule has 0 heterocycles. The van der Waals surface area contributed by atoms with Crippen LogP contribution in [0.3, 0.4) is 0 Å². The number of halogens is 2. The van der Waals surface area contributed by atoms with Gasteiger partial charge in [-0.1, -0.05) is 30.3 Å². The molecule has 0 bridgehead atoms. The van der Waals surface area contributed by atoms with E-state index in [-0.39, 0.29) is 24.0 Å². The molecule has 0 spiro atoms. The van der Waals surface area contributed by atoms with Gasteiger partial charge in [-0.15, -0.1) is 0 Å². The molecule has 0 aliphatic rings. The lowest BCUT2D eigenvalue weighted by Crippen LogP contribution is -2.27. The van der Waals surface area contributed by atoms with Crippen molar-refractivity contribution in [3.63, 3.8) is 0 Å². The van der Waals surface area contributed by atoms with Gasteiger partial charge in [0.15, 0.2) is 18.1 Å². The van der Waals surface area contributed by atoms with Crippen molar-refractivity contribution < 1.29 is 23.5 Å². The SMILES string of the molecule is COc1cc(/C=C(/C#N)C(=O)N[C@@H](C)c2ccccc2)cc(Br)c1OCC(=O)Nc1ccc(F)cc1. The normalized spacial score (nSPS) is 11.7. The Kier molecular flexibility index (Phi) is 9.19. The summed E-state index contributed by atoms with van der Waals surface area (Å²) in [4.78, 5) is 24.9. The van der Waals surface area contributed by atoms with Crippen molar-refractivity contribution in [2.24, 2.45) is 0 Å². The zero-order valence-electron chi connectivity index (χ0n) is 19.5. The monoisotopic (exact) mass is 551 g/mol. The lowest BCUT2D eigenvalue weighted by Gasteiger charge is -2.15. The minimum atomic E-state index is -0.512. The van der Waals surface area contributed by atoms with Gasteiger partial charge in [0.05, 0.1) is 17.6 Å². The van der Waals surface area contributed by atoms with Gasteiger partial charge in [0.1, 0.15) is 17.5 Å². The zero-order chi connectivity index (χ0) is 26.1. The van der Waals surface area contributed by atoms with E-state index >= 15 is 0 Å². The minimum absolute atomic E-state index is 0.0842. The third-order valence-electron chi connectivity index (χ3n) is 5.05. The molecule has 0 unspecified atom stereocenters.